The Kier molecular flexibility index (Phi) is 8.00. The normalized spacial score (nSPS) is 15.6. The lowest BCUT2D eigenvalue weighted by Crippen LogP contribution is -2.40. The van der Waals surface area contributed by atoms with Crippen LogP contribution >= 0.6 is 15.9 Å². The quantitative estimate of drug-likeness (QED) is 0.590. The molecule has 1 saturated heterocycles. The Morgan fingerprint density at radius 2 is 2.21 bits per heavy atom. The van der Waals surface area contributed by atoms with E-state index >= 15 is 0 Å². The molecule has 152 valence electrons. The minimum atomic E-state index is 0.0864. The van der Waals surface area contributed by atoms with Crippen LogP contribution in [0.3, 0.4) is 0 Å². The number of aromatic nitrogens is 2. The topological polar surface area (TPSA) is 80.5 Å². The second kappa shape index (κ2) is 10.7. The maximum absolute atomic E-state index is 12.3. The molecule has 7 nitrogen and oxygen atoms in total. The first-order valence-electron chi connectivity index (χ1n) is 9.82. The van der Waals surface area contributed by atoms with Crippen LogP contribution in [-0.4, -0.2) is 53.8 Å². The Hall–Kier alpha value is -1.77. The van der Waals surface area contributed by atoms with Gasteiger partial charge in [0.25, 0.3) is 0 Å². The molecular formula is C20H27BrN4O3. The van der Waals surface area contributed by atoms with Crippen molar-refractivity contribution in [1.82, 2.24) is 20.4 Å². The first kappa shape index (κ1) is 21.0. The summed E-state index contributed by atoms with van der Waals surface area (Å²) in [6.07, 6.45) is 2.56. The SMILES string of the molecule is CCOCCCNC(=O)C1CCN(Cc2nc(-c3cccc(Br)c3)no2)CC1. The zero-order valence-electron chi connectivity index (χ0n) is 16.2. The molecule has 0 radical (unpaired) electrons. The molecule has 1 aliphatic rings. The van der Waals surface area contributed by atoms with Gasteiger partial charge in [-0.1, -0.05) is 33.2 Å². The highest BCUT2D eigenvalue weighted by Crippen LogP contribution is 2.22. The summed E-state index contributed by atoms with van der Waals surface area (Å²) >= 11 is 3.46. The lowest BCUT2D eigenvalue weighted by Gasteiger charge is -2.30. The van der Waals surface area contributed by atoms with Crippen LogP contribution in [0.5, 0.6) is 0 Å². The molecule has 0 atom stereocenters. The average Bonchev–Trinajstić information content (AvgIpc) is 3.17. The number of carbonyl (C=O) groups is 1. The monoisotopic (exact) mass is 450 g/mol. The number of benzene rings is 1. The summed E-state index contributed by atoms with van der Waals surface area (Å²) in [7, 11) is 0. The first-order valence-corrected chi connectivity index (χ1v) is 10.6. The van der Waals surface area contributed by atoms with Crippen molar-refractivity contribution in [2.24, 2.45) is 5.92 Å². The Labute approximate surface area is 173 Å². The summed E-state index contributed by atoms with van der Waals surface area (Å²) in [5.41, 5.74) is 0.920. The number of hydrogen-bond acceptors (Lipinski definition) is 6. The maximum Gasteiger partial charge on any atom is 0.241 e. The summed E-state index contributed by atoms with van der Waals surface area (Å²) in [5.74, 6) is 1.44. The van der Waals surface area contributed by atoms with Crippen LogP contribution in [0.4, 0.5) is 0 Å². The van der Waals surface area contributed by atoms with Crippen molar-refractivity contribution in [3.05, 3.63) is 34.6 Å². The molecule has 2 aromatic rings. The van der Waals surface area contributed by atoms with Crippen molar-refractivity contribution < 1.29 is 14.1 Å². The number of rotatable bonds is 9. The van der Waals surface area contributed by atoms with E-state index in [-0.39, 0.29) is 11.8 Å². The lowest BCUT2D eigenvalue weighted by molar-refractivity contribution is -0.126. The smallest absolute Gasteiger partial charge is 0.241 e. The molecule has 0 aliphatic carbocycles. The van der Waals surface area contributed by atoms with Gasteiger partial charge in [-0.15, -0.1) is 0 Å². The number of ether oxygens (including phenoxy) is 1. The van der Waals surface area contributed by atoms with E-state index in [1.54, 1.807) is 0 Å². The molecule has 3 rings (SSSR count). The van der Waals surface area contributed by atoms with Gasteiger partial charge < -0.3 is 14.6 Å². The van der Waals surface area contributed by atoms with Crippen LogP contribution in [0, 0.1) is 5.92 Å². The third-order valence-corrected chi connectivity index (χ3v) is 5.33. The predicted octanol–water partition coefficient (Wildman–Crippen LogP) is 3.25. The largest absolute Gasteiger partial charge is 0.382 e. The molecule has 0 bridgehead atoms. The fourth-order valence-electron chi connectivity index (χ4n) is 3.28. The van der Waals surface area contributed by atoms with Gasteiger partial charge in [0.15, 0.2) is 0 Å². The Morgan fingerprint density at radius 1 is 1.39 bits per heavy atom. The maximum atomic E-state index is 12.3. The molecule has 8 heteroatoms. The number of nitrogens with zero attached hydrogens (tertiary/aromatic N) is 3. The van der Waals surface area contributed by atoms with Gasteiger partial charge in [-0.25, -0.2) is 0 Å². The van der Waals surface area contributed by atoms with Crippen LogP contribution < -0.4 is 5.32 Å². The Bertz CT molecular complexity index is 759. The number of likely N-dealkylation sites (tertiary alicyclic amines) is 1. The van der Waals surface area contributed by atoms with E-state index < -0.39 is 0 Å². The van der Waals surface area contributed by atoms with Gasteiger partial charge in [-0.3, -0.25) is 9.69 Å². The zero-order chi connectivity index (χ0) is 19.8. The fourth-order valence-corrected chi connectivity index (χ4v) is 3.68. The number of nitrogens with one attached hydrogen (secondary N) is 1. The number of hydrogen-bond donors (Lipinski definition) is 1. The summed E-state index contributed by atoms with van der Waals surface area (Å²) in [5, 5.41) is 7.10. The second-order valence-corrected chi connectivity index (χ2v) is 7.83. The van der Waals surface area contributed by atoms with Crippen molar-refractivity contribution >= 4 is 21.8 Å². The first-order chi connectivity index (χ1) is 13.7. The molecule has 1 N–H and O–H groups in total. The summed E-state index contributed by atoms with van der Waals surface area (Å²) in [6.45, 7) is 6.39. The van der Waals surface area contributed by atoms with E-state index in [0.717, 1.165) is 49.0 Å². The van der Waals surface area contributed by atoms with E-state index in [2.05, 4.69) is 36.3 Å². The van der Waals surface area contributed by atoms with Gasteiger partial charge in [0.05, 0.1) is 6.54 Å². The highest BCUT2D eigenvalue weighted by atomic mass is 79.9. The van der Waals surface area contributed by atoms with Gasteiger partial charge in [0.2, 0.25) is 17.6 Å². The summed E-state index contributed by atoms with van der Waals surface area (Å²) in [6, 6.07) is 7.83. The van der Waals surface area contributed by atoms with Crippen molar-refractivity contribution in [2.45, 2.75) is 32.7 Å². The van der Waals surface area contributed by atoms with Crippen molar-refractivity contribution in [2.75, 3.05) is 32.8 Å². The minimum Gasteiger partial charge on any atom is -0.382 e. The van der Waals surface area contributed by atoms with Gasteiger partial charge >= 0.3 is 0 Å². The van der Waals surface area contributed by atoms with E-state index in [1.807, 2.05) is 31.2 Å². The van der Waals surface area contributed by atoms with Crippen LogP contribution in [0.1, 0.15) is 32.1 Å². The summed E-state index contributed by atoms with van der Waals surface area (Å²) < 4.78 is 11.7. The van der Waals surface area contributed by atoms with Gasteiger partial charge in [-0.2, -0.15) is 4.98 Å². The van der Waals surface area contributed by atoms with Gasteiger partial charge in [0, 0.05) is 35.7 Å². The third-order valence-electron chi connectivity index (χ3n) is 4.84. The summed E-state index contributed by atoms with van der Waals surface area (Å²) in [4.78, 5) is 19.0. The molecular weight excluding hydrogens is 424 g/mol. The van der Waals surface area contributed by atoms with Gasteiger partial charge in [-0.05, 0) is 51.4 Å². The van der Waals surface area contributed by atoms with Crippen molar-refractivity contribution in [1.29, 1.82) is 0 Å². The zero-order valence-corrected chi connectivity index (χ0v) is 17.8. The number of halogens is 1. The predicted molar refractivity (Wildman–Crippen MR) is 110 cm³/mol. The number of amides is 1. The van der Waals surface area contributed by atoms with E-state index in [9.17, 15) is 4.79 Å². The van der Waals surface area contributed by atoms with E-state index in [1.165, 1.54) is 0 Å². The van der Waals surface area contributed by atoms with Crippen LogP contribution in [0.2, 0.25) is 0 Å². The molecule has 1 aromatic carbocycles. The Balaban J connectivity index is 1.41. The van der Waals surface area contributed by atoms with E-state index in [0.29, 0.717) is 31.4 Å². The molecule has 1 amide bonds. The van der Waals surface area contributed by atoms with Crippen LogP contribution in [0.25, 0.3) is 11.4 Å². The average molecular weight is 451 g/mol. The highest BCUT2D eigenvalue weighted by molar-refractivity contribution is 9.10. The molecule has 1 aromatic heterocycles. The van der Waals surface area contributed by atoms with Crippen LogP contribution in [-0.2, 0) is 16.1 Å². The lowest BCUT2D eigenvalue weighted by atomic mass is 9.96. The minimum absolute atomic E-state index is 0.0864. The highest BCUT2D eigenvalue weighted by Gasteiger charge is 2.25. The standard InChI is InChI=1S/C20H27BrN4O3/c1-2-27-12-4-9-22-20(26)15-7-10-25(11-8-15)14-18-23-19(24-28-18)16-5-3-6-17(21)13-16/h3,5-6,13,15H,2,4,7-12,14H2,1H3,(H,22,26). The molecule has 0 saturated carbocycles. The van der Waals surface area contributed by atoms with E-state index in [4.69, 9.17) is 9.26 Å². The molecule has 1 aliphatic heterocycles. The van der Waals surface area contributed by atoms with Crippen molar-refractivity contribution in [3.8, 4) is 11.4 Å². The fraction of sp³-hybridized carbons (Fsp3) is 0.550. The van der Waals surface area contributed by atoms with Gasteiger partial charge in [0.1, 0.15) is 0 Å². The molecule has 0 spiro atoms. The molecule has 28 heavy (non-hydrogen) atoms. The Morgan fingerprint density at radius 3 is 2.96 bits per heavy atom. The molecule has 0 unspecified atom stereocenters. The number of carbonyl (C=O) groups excluding carboxylic acids is 1. The molecule has 2 heterocycles. The van der Waals surface area contributed by atoms with Crippen molar-refractivity contribution in [3.63, 3.8) is 0 Å². The third kappa shape index (κ3) is 6.12. The number of piperidine rings is 1. The van der Waals surface area contributed by atoms with Crippen LogP contribution in [0.15, 0.2) is 33.3 Å². The molecule has 1 fully saturated rings. The second-order valence-electron chi connectivity index (χ2n) is 6.91.